The van der Waals surface area contributed by atoms with Crippen molar-refractivity contribution in [2.24, 2.45) is 5.92 Å². The summed E-state index contributed by atoms with van der Waals surface area (Å²) in [7, 11) is 0. The maximum atomic E-state index is 14.3. The van der Waals surface area contributed by atoms with Gasteiger partial charge in [-0.3, -0.25) is 0 Å². The number of phenolic OH excluding ortho intramolecular Hbond substituents is 1. The minimum Gasteiger partial charge on any atom is -0.508 e. The molecule has 21 heavy (non-hydrogen) atoms. The van der Waals surface area contributed by atoms with Crippen molar-refractivity contribution in [1.29, 1.82) is 0 Å². The van der Waals surface area contributed by atoms with Crippen molar-refractivity contribution in [3.63, 3.8) is 0 Å². The van der Waals surface area contributed by atoms with Gasteiger partial charge in [-0.1, -0.05) is 24.3 Å². The van der Waals surface area contributed by atoms with Crippen LogP contribution in [0, 0.1) is 11.7 Å². The van der Waals surface area contributed by atoms with Crippen LogP contribution in [0.3, 0.4) is 0 Å². The van der Waals surface area contributed by atoms with Gasteiger partial charge in [0, 0.05) is 12.0 Å². The van der Waals surface area contributed by atoms with Crippen LogP contribution in [0.25, 0.3) is 0 Å². The zero-order valence-electron chi connectivity index (χ0n) is 11.7. The van der Waals surface area contributed by atoms with Crippen molar-refractivity contribution >= 4 is 0 Å². The van der Waals surface area contributed by atoms with Crippen LogP contribution in [0.4, 0.5) is 4.39 Å². The van der Waals surface area contributed by atoms with Gasteiger partial charge in [0.2, 0.25) is 0 Å². The van der Waals surface area contributed by atoms with E-state index in [0.29, 0.717) is 5.92 Å². The third-order valence-electron chi connectivity index (χ3n) is 4.92. The molecule has 1 heterocycles. The number of phenols is 1. The first kappa shape index (κ1) is 12.8. The van der Waals surface area contributed by atoms with E-state index in [1.54, 1.807) is 12.1 Å². The predicted molar refractivity (Wildman–Crippen MR) is 79.8 cm³/mol. The number of halogens is 1. The number of aromatic hydroxyl groups is 1. The lowest BCUT2D eigenvalue weighted by molar-refractivity contribution is 0.284. The van der Waals surface area contributed by atoms with Crippen LogP contribution in [-0.2, 0) is 0 Å². The fourth-order valence-corrected chi connectivity index (χ4v) is 4.08. The van der Waals surface area contributed by atoms with Gasteiger partial charge in [-0.05, 0) is 60.2 Å². The zero-order valence-corrected chi connectivity index (χ0v) is 11.7. The monoisotopic (exact) mass is 283 g/mol. The molecule has 2 nitrogen and oxygen atoms in total. The molecule has 3 heteroatoms. The first-order chi connectivity index (χ1) is 10.3. The molecule has 1 aliphatic heterocycles. The minimum atomic E-state index is -0.150. The Balaban J connectivity index is 1.89. The Morgan fingerprint density at radius 1 is 1.05 bits per heavy atom. The van der Waals surface area contributed by atoms with E-state index >= 15 is 0 Å². The van der Waals surface area contributed by atoms with Gasteiger partial charge in [0.15, 0.2) is 0 Å². The first-order valence-electron chi connectivity index (χ1n) is 7.56. The van der Waals surface area contributed by atoms with Crippen molar-refractivity contribution in [2.45, 2.75) is 24.8 Å². The summed E-state index contributed by atoms with van der Waals surface area (Å²) in [6.07, 6.45) is 2.21. The van der Waals surface area contributed by atoms with Crippen LogP contribution in [0.15, 0.2) is 42.5 Å². The quantitative estimate of drug-likeness (QED) is 0.836. The molecule has 0 saturated carbocycles. The van der Waals surface area contributed by atoms with E-state index in [4.69, 9.17) is 0 Å². The van der Waals surface area contributed by atoms with Gasteiger partial charge in [-0.25, -0.2) is 4.39 Å². The molecule has 2 N–H and O–H groups in total. The highest BCUT2D eigenvalue weighted by atomic mass is 19.1. The molecule has 3 atom stereocenters. The summed E-state index contributed by atoms with van der Waals surface area (Å²) < 4.78 is 14.3. The molecule has 0 radical (unpaired) electrons. The Hall–Kier alpha value is -1.87. The Morgan fingerprint density at radius 2 is 1.90 bits per heavy atom. The summed E-state index contributed by atoms with van der Waals surface area (Å²) in [5.41, 5.74) is 3.04. The smallest absolute Gasteiger partial charge is 0.127 e. The Morgan fingerprint density at radius 3 is 2.76 bits per heavy atom. The fourth-order valence-electron chi connectivity index (χ4n) is 4.08. The maximum absolute atomic E-state index is 14.3. The number of fused-ring (bicyclic) bond motifs is 3. The lowest BCUT2D eigenvalue weighted by Crippen LogP contribution is -2.33. The molecule has 1 saturated heterocycles. The number of piperidine rings is 1. The van der Waals surface area contributed by atoms with Crippen LogP contribution in [0.5, 0.6) is 5.75 Å². The molecule has 1 fully saturated rings. The average Bonchev–Trinajstić information content (AvgIpc) is 2.81. The minimum absolute atomic E-state index is 0.0334. The van der Waals surface area contributed by atoms with Gasteiger partial charge in [-0.2, -0.15) is 0 Å². The van der Waals surface area contributed by atoms with Crippen molar-refractivity contribution in [2.75, 3.05) is 6.54 Å². The second-order valence-electron chi connectivity index (χ2n) is 6.05. The van der Waals surface area contributed by atoms with E-state index in [2.05, 4.69) is 5.32 Å². The summed E-state index contributed by atoms with van der Waals surface area (Å²) in [5.74, 6) is 0.510. The maximum Gasteiger partial charge on any atom is 0.127 e. The Kier molecular flexibility index (Phi) is 2.96. The summed E-state index contributed by atoms with van der Waals surface area (Å²) >= 11 is 0. The second kappa shape index (κ2) is 4.85. The molecule has 0 bridgehead atoms. The highest BCUT2D eigenvalue weighted by Gasteiger charge is 2.43. The van der Waals surface area contributed by atoms with Gasteiger partial charge in [-0.15, -0.1) is 0 Å². The summed E-state index contributed by atoms with van der Waals surface area (Å²) in [4.78, 5) is 0. The summed E-state index contributed by atoms with van der Waals surface area (Å²) in [5, 5.41) is 13.4. The number of nitrogens with one attached hydrogen (secondary N) is 1. The normalized spacial score (nSPS) is 27.2. The molecule has 108 valence electrons. The van der Waals surface area contributed by atoms with Crippen molar-refractivity contribution in [3.8, 4) is 5.75 Å². The topological polar surface area (TPSA) is 32.3 Å². The van der Waals surface area contributed by atoms with Gasteiger partial charge in [0.05, 0.1) is 0 Å². The molecule has 2 aromatic rings. The fraction of sp³-hybridized carbons (Fsp3) is 0.333. The summed E-state index contributed by atoms with van der Waals surface area (Å²) in [6, 6.07) is 12.8. The predicted octanol–water partition coefficient (Wildman–Crippen LogP) is 3.72. The number of rotatable bonds is 1. The van der Waals surface area contributed by atoms with Gasteiger partial charge in [0.25, 0.3) is 0 Å². The van der Waals surface area contributed by atoms with Crippen molar-refractivity contribution in [1.82, 2.24) is 5.32 Å². The zero-order chi connectivity index (χ0) is 14.4. The van der Waals surface area contributed by atoms with Crippen molar-refractivity contribution in [3.05, 3.63) is 65.0 Å². The number of hydrogen-bond acceptors (Lipinski definition) is 2. The third kappa shape index (κ3) is 1.95. The van der Waals surface area contributed by atoms with E-state index in [1.165, 1.54) is 11.6 Å². The van der Waals surface area contributed by atoms with E-state index in [1.807, 2.05) is 24.3 Å². The average molecular weight is 283 g/mol. The SMILES string of the molecule is Oc1ccc2c(c1)C(c1ccccc1F)C1CCCNC21. The third-order valence-corrected chi connectivity index (χ3v) is 4.92. The molecule has 2 aromatic carbocycles. The lowest BCUT2D eigenvalue weighted by Gasteiger charge is -2.31. The molecule has 0 amide bonds. The van der Waals surface area contributed by atoms with Gasteiger partial charge in [0.1, 0.15) is 11.6 Å². The molecular weight excluding hydrogens is 265 g/mol. The van der Waals surface area contributed by atoms with E-state index in [0.717, 1.165) is 30.5 Å². The number of hydrogen-bond donors (Lipinski definition) is 2. The molecular formula is C18H18FNO. The van der Waals surface area contributed by atoms with Crippen LogP contribution in [0.1, 0.15) is 41.5 Å². The standard InChI is InChI=1S/C18H18FNO/c19-16-6-2-1-4-13(16)17-14-5-3-9-20-18(14)12-8-7-11(21)10-15(12)17/h1-2,4,6-8,10,14,17-18,20-21H,3,5,9H2. The highest BCUT2D eigenvalue weighted by molar-refractivity contribution is 5.49. The Labute approximate surface area is 123 Å². The van der Waals surface area contributed by atoms with Crippen LogP contribution >= 0.6 is 0 Å². The first-order valence-corrected chi connectivity index (χ1v) is 7.56. The molecule has 1 aliphatic carbocycles. The van der Waals surface area contributed by atoms with E-state index in [-0.39, 0.29) is 23.5 Å². The largest absolute Gasteiger partial charge is 0.508 e. The van der Waals surface area contributed by atoms with E-state index in [9.17, 15) is 9.50 Å². The van der Waals surface area contributed by atoms with Crippen LogP contribution < -0.4 is 5.32 Å². The number of benzene rings is 2. The lowest BCUT2D eigenvalue weighted by atomic mass is 9.80. The second-order valence-corrected chi connectivity index (χ2v) is 6.05. The van der Waals surface area contributed by atoms with Crippen molar-refractivity contribution < 1.29 is 9.50 Å². The van der Waals surface area contributed by atoms with Gasteiger partial charge >= 0.3 is 0 Å². The Bertz CT molecular complexity index is 685. The molecule has 2 aliphatic rings. The molecule has 0 aromatic heterocycles. The molecule has 4 rings (SSSR count). The summed E-state index contributed by atoms with van der Waals surface area (Å²) in [6.45, 7) is 1.01. The molecule has 0 spiro atoms. The van der Waals surface area contributed by atoms with Crippen LogP contribution in [-0.4, -0.2) is 11.7 Å². The van der Waals surface area contributed by atoms with Crippen LogP contribution in [0.2, 0.25) is 0 Å². The van der Waals surface area contributed by atoms with E-state index < -0.39 is 0 Å². The molecule has 3 unspecified atom stereocenters. The highest BCUT2D eigenvalue weighted by Crippen LogP contribution is 2.52. The van der Waals surface area contributed by atoms with Gasteiger partial charge < -0.3 is 10.4 Å².